The van der Waals surface area contributed by atoms with Crippen LogP contribution < -0.4 is 4.90 Å². The third-order valence-electron chi connectivity index (χ3n) is 5.46. The molecule has 0 unspecified atom stereocenters. The van der Waals surface area contributed by atoms with Crippen molar-refractivity contribution in [1.82, 2.24) is 19.7 Å². The summed E-state index contributed by atoms with van der Waals surface area (Å²) in [5.74, 6) is -2.02. The number of aromatic nitrogens is 4. The molecular weight excluding hydrogens is 456 g/mol. The van der Waals surface area contributed by atoms with Gasteiger partial charge >= 0.3 is 0 Å². The number of carbonyl (C=O) groups is 1. The Kier molecular flexibility index (Phi) is 5.62. The van der Waals surface area contributed by atoms with E-state index in [0.717, 1.165) is 17.0 Å². The normalized spacial score (nSPS) is 11.2. The average Bonchev–Trinajstić information content (AvgIpc) is 3.46. The number of amides is 1. The van der Waals surface area contributed by atoms with Gasteiger partial charge in [0, 0.05) is 19.3 Å². The van der Waals surface area contributed by atoms with Crippen LogP contribution in [0.25, 0.3) is 21.6 Å². The van der Waals surface area contributed by atoms with Gasteiger partial charge in [-0.1, -0.05) is 12.1 Å². The van der Waals surface area contributed by atoms with Crippen molar-refractivity contribution >= 4 is 34.0 Å². The number of rotatable bonds is 5. The zero-order valence-electron chi connectivity index (χ0n) is 18.4. The molecular formula is C25H19F2N5OS. The molecule has 0 radical (unpaired) electrons. The number of nitrogens with zero attached hydrogens (tertiary/aromatic N) is 5. The molecule has 0 aliphatic heterocycles. The van der Waals surface area contributed by atoms with Gasteiger partial charge in [0.1, 0.15) is 11.6 Å². The number of benzene rings is 1. The molecule has 0 aliphatic carbocycles. The average molecular weight is 476 g/mol. The lowest BCUT2D eigenvalue weighted by Crippen LogP contribution is -2.32. The third-order valence-corrected chi connectivity index (χ3v) is 6.36. The molecule has 4 heterocycles. The molecule has 0 aliphatic rings. The first-order valence-electron chi connectivity index (χ1n) is 10.5. The number of hydrogen-bond donors (Lipinski definition) is 0. The molecule has 6 nitrogen and oxygen atoms in total. The van der Waals surface area contributed by atoms with Crippen LogP contribution in [0.2, 0.25) is 0 Å². The molecule has 0 bridgehead atoms. The number of fused-ring (bicyclic) bond motifs is 1. The Hall–Kier alpha value is -3.98. The van der Waals surface area contributed by atoms with Crippen molar-refractivity contribution in [3.8, 4) is 10.6 Å². The van der Waals surface area contributed by atoms with E-state index in [0.29, 0.717) is 33.7 Å². The number of aryl methyl sites for hydroxylation is 2. The van der Waals surface area contributed by atoms with Crippen LogP contribution in [0.1, 0.15) is 21.7 Å². The maximum absolute atomic E-state index is 14.9. The highest BCUT2D eigenvalue weighted by Gasteiger charge is 2.27. The van der Waals surface area contributed by atoms with Crippen LogP contribution in [0.3, 0.4) is 0 Å². The fourth-order valence-electron chi connectivity index (χ4n) is 3.93. The van der Waals surface area contributed by atoms with Crippen molar-refractivity contribution in [2.45, 2.75) is 13.5 Å². The van der Waals surface area contributed by atoms with Crippen molar-refractivity contribution in [1.29, 1.82) is 0 Å². The molecule has 34 heavy (non-hydrogen) atoms. The summed E-state index contributed by atoms with van der Waals surface area (Å²) < 4.78 is 30.2. The molecule has 5 rings (SSSR count). The standard InChI is InChI=1S/C25H19F2N5OS/c1-15-23-18(13-20(22-7-5-11-34-22)29-24(23)31(2)30-15)25(33)32(14-17-6-3-4-10-28-17)21-9-8-16(26)12-19(21)27/h3-13H,14H2,1-2H3. The molecule has 5 aromatic rings. The smallest absolute Gasteiger partial charge is 0.259 e. The van der Waals surface area contributed by atoms with Crippen molar-refractivity contribution in [3.63, 3.8) is 0 Å². The molecule has 1 aromatic carbocycles. The first kappa shape index (κ1) is 21.8. The maximum atomic E-state index is 14.9. The van der Waals surface area contributed by atoms with Gasteiger partial charge in [0.2, 0.25) is 0 Å². The second kappa shape index (κ2) is 8.75. The summed E-state index contributed by atoms with van der Waals surface area (Å²) >= 11 is 1.50. The zero-order valence-corrected chi connectivity index (χ0v) is 19.2. The van der Waals surface area contributed by atoms with Crippen LogP contribution in [-0.2, 0) is 13.6 Å². The fraction of sp³-hybridized carbons (Fsp3) is 0.120. The minimum absolute atomic E-state index is 0.000311. The predicted octanol–water partition coefficient (Wildman–Crippen LogP) is 5.53. The molecule has 9 heteroatoms. The highest BCUT2D eigenvalue weighted by Crippen LogP contribution is 2.32. The van der Waals surface area contributed by atoms with E-state index in [1.807, 2.05) is 17.5 Å². The molecule has 1 amide bonds. The Morgan fingerprint density at radius 2 is 1.97 bits per heavy atom. The second-order valence-corrected chi connectivity index (χ2v) is 8.70. The number of pyridine rings is 2. The van der Waals surface area contributed by atoms with Gasteiger partial charge in [-0.05, 0) is 48.7 Å². The van der Waals surface area contributed by atoms with Gasteiger partial charge in [-0.15, -0.1) is 11.3 Å². The summed E-state index contributed by atoms with van der Waals surface area (Å²) in [6.45, 7) is 1.80. The van der Waals surface area contributed by atoms with E-state index < -0.39 is 17.5 Å². The van der Waals surface area contributed by atoms with Gasteiger partial charge in [0.05, 0.1) is 45.1 Å². The van der Waals surface area contributed by atoms with E-state index in [1.165, 1.54) is 22.3 Å². The molecule has 170 valence electrons. The number of hydrogen-bond acceptors (Lipinski definition) is 5. The summed E-state index contributed by atoms with van der Waals surface area (Å²) in [4.78, 5) is 25.2. The number of carbonyl (C=O) groups excluding carboxylic acids is 1. The lowest BCUT2D eigenvalue weighted by atomic mass is 10.1. The lowest BCUT2D eigenvalue weighted by molar-refractivity contribution is 0.0985. The third kappa shape index (κ3) is 3.94. The van der Waals surface area contributed by atoms with E-state index in [4.69, 9.17) is 4.98 Å². The topological polar surface area (TPSA) is 63.9 Å². The van der Waals surface area contributed by atoms with Crippen LogP contribution in [0.4, 0.5) is 14.5 Å². The van der Waals surface area contributed by atoms with E-state index >= 15 is 0 Å². The van der Waals surface area contributed by atoms with Crippen LogP contribution in [0.5, 0.6) is 0 Å². The van der Waals surface area contributed by atoms with Crippen LogP contribution >= 0.6 is 11.3 Å². The summed E-state index contributed by atoms with van der Waals surface area (Å²) in [6, 6.07) is 14.0. The first-order chi connectivity index (χ1) is 16.4. The van der Waals surface area contributed by atoms with Crippen molar-refractivity contribution < 1.29 is 13.6 Å². The highest BCUT2D eigenvalue weighted by molar-refractivity contribution is 7.13. The SMILES string of the molecule is Cc1nn(C)c2nc(-c3cccs3)cc(C(=O)N(Cc3ccccn3)c3ccc(F)cc3F)c12. The van der Waals surface area contributed by atoms with Crippen molar-refractivity contribution in [2.75, 3.05) is 4.90 Å². The highest BCUT2D eigenvalue weighted by atomic mass is 32.1. The minimum atomic E-state index is -0.837. The zero-order chi connectivity index (χ0) is 23.8. The van der Waals surface area contributed by atoms with E-state index in [9.17, 15) is 13.6 Å². The quantitative estimate of drug-likeness (QED) is 0.336. The van der Waals surface area contributed by atoms with Crippen molar-refractivity contribution in [2.24, 2.45) is 7.05 Å². The monoisotopic (exact) mass is 475 g/mol. The van der Waals surface area contributed by atoms with Gasteiger partial charge in [-0.3, -0.25) is 19.4 Å². The molecule has 0 saturated carbocycles. The molecule has 0 saturated heterocycles. The number of thiophene rings is 1. The Bertz CT molecular complexity index is 1500. The molecule has 0 atom stereocenters. The van der Waals surface area contributed by atoms with E-state index in [-0.39, 0.29) is 12.2 Å². The Balaban J connectivity index is 1.71. The Morgan fingerprint density at radius 1 is 1.12 bits per heavy atom. The molecule has 0 N–H and O–H groups in total. The van der Waals surface area contributed by atoms with Gasteiger partial charge in [-0.25, -0.2) is 13.8 Å². The van der Waals surface area contributed by atoms with Crippen LogP contribution in [-0.4, -0.2) is 25.7 Å². The number of halogens is 2. The summed E-state index contributed by atoms with van der Waals surface area (Å²) in [6.07, 6.45) is 1.60. The molecule has 0 fully saturated rings. The van der Waals surface area contributed by atoms with Gasteiger partial charge in [0.25, 0.3) is 5.91 Å². The van der Waals surface area contributed by atoms with E-state index in [2.05, 4.69) is 10.1 Å². The second-order valence-electron chi connectivity index (χ2n) is 7.75. The molecule has 0 spiro atoms. The minimum Gasteiger partial charge on any atom is -0.299 e. The van der Waals surface area contributed by atoms with Crippen LogP contribution in [0, 0.1) is 18.6 Å². The Labute approximate surface area is 198 Å². The largest absolute Gasteiger partial charge is 0.299 e. The van der Waals surface area contributed by atoms with Crippen LogP contribution in [0.15, 0.2) is 66.2 Å². The summed E-state index contributed by atoms with van der Waals surface area (Å²) in [5.41, 5.74) is 2.64. The van der Waals surface area contributed by atoms with Gasteiger partial charge < -0.3 is 0 Å². The Morgan fingerprint density at radius 3 is 2.68 bits per heavy atom. The van der Waals surface area contributed by atoms with Crippen molar-refractivity contribution in [3.05, 3.63) is 94.8 Å². The summed E-state index contributed by atoms with van der Waals surface area (Å²) in [5, 5.41) is 6.97. The predicted molar refractivity (Wildman–Crippen MR) is 128 cm³/mol. The van der Waals surface area contributed by atoms with Gasteiger partial charge in [0.15, 0.2) is 5.65 Å². The lowest BCUT2D eigenvalue weighted by Gasteiger charge is -2.24. The van der Waals surface area contributed by atoms with Gasteiger partial charge in [-0.2, -0.15) is 5.10 Å². The summed E-state index contributed by atoms with van der Waals surface area (Å²) in [7, 11) is 1.76. The fourth-order valence-corrected chi connectivity index (χ4v) is 4.62. The number of anilines is 1. The molecule has 4 aromatic heterocycles. The maximum Gasteiger partial charge on any atom is 0.259 e. The van der Waals surface area contributed by atoms with E-state index in [1.54, 1.807) is 49.1 Å². The first-order valence-corrected chi connectivity index (χ1v) is 11.4.